The summed E-state index contributed by atoms with van der Waals surface area (Å²) in [6.45, 7) is 3.13. The fraction of sp³-hybridized carbons (Fsp3) is 0.143. The third-order valence-corrected chi connectivity index (χ3v) is 3.11. The van der Waals surface area contributed by atoms with Gasteiger partial charge in [0, 0.05) is 28.5 Å². The van der Waals surface area contributed by atoms with Crippen molar-refractivity contribution in [2.75, 3.05) is 5.73 Å². The third kappa shape index (κ3) is 1.13. The summed E-state index contributed by atoms with van der Waals surface area (Å²) < 4.78 is 2.31. The fourth-order valence-electron chi connectivity index (χ4n) is 2.41. The minimum absolute atomic E-state index is 0.824. The van der Waals surface area contributed by atoms with Crippen LogP contribution in [0.15, 0.2) is 42.5 Å². The molecule has 3 rings (SSSR count). The van der Waals surface area contributed by atoms with E-state index in [-0.39, 0.29) is 0 Å². The number of benzene rings is 2. The molecule has 0 unspecified atom stereocenters. The van der Waals surface area contributed by atoms with Crippen molar-refractivity contribution in [2.24, 2.45) is 0 Å². The maximum absolute atomic E-state index is 5.86. The monoisotopic (exact) mass is 210 g/mol. The summed E-state index contributed by atoms with van der Waals surface area (Å²) in [5.41, 5.74) is 9.19. The first-order valence-electron chi connectivity index (χ1n) is 5.57. The van der Waals surface area contributed by atoms with Crippen molar-refractivity contribution >= 4 is 27.5 Å². The molecule has 2 nitrogen and oxygen atoms in total. The van der Waals surface area contributed by atoms with Gasteiger partial charge in [0.2, 0.25) is 0 Å². The molecule has 0 saturated heterocycles. The average molecular weight is 210 g/mol. The number of hydrogen-bond acceptors (Lipinski definition) is 1. The maximum Gasteiger partial charge on any atom is 0.0511 e. The molecule has 0 aliphatic heterocycles. The number of para-hydroxylation sites is 1. The number of nitrogens with zero attached hydrogens (tertiary/aromatic N) is 1. The molecule has 80 valence electrons. The molecule has 0 atom stereocenters. The highest BCUT2D eigenvalue weighted by molar-refractivity contribution is 6.08. The van der Waals surface area contributed by atoms with E-state index in [9.17, 15) is 0 Å². The van der Waals surface area contributed by atoms with Crippen molar-refractivity contribution in [2.45, 2.75) is 13.5 Å². The van der Waals surface area contributed by atoms with Gasteiger partial charge < -0.3 is 10.3 Å². The van der Waals surface area contributed by atoms with Crippen molar-refractivity contribution < 1.29 is 0 Å². The lowest BCUT2D eigenvalue weighted by Gasteiger charge is -2.02. The van der Waals surface area contributed by atoms with Crippen LogP contribution >= 0.6 is 0 Å². The molecule has 2 N–H and O–H groups in total. The lowest BCUT2D eigenvalue weighted by atomic mass is 10.1. The molecule has 0 aliphatic rings. The molecule has 2 heteroatoms. The highest BCUT2D eigenvalue weighted by atomic mass is 15.0. The van der Waals surface area contributed by atoms with Crippen LogP contribution in [-0.4, -0.2) is 4.57 Å². The SMILES string of the molecule is CCn1c2ccccc2c2ccc(N)cc21. The summed E-state index contributed by atoms with van der Waals surface area (Å²) >= 11 is 0. The summed E-state index contributed by atoms with van der Waals surface area (Å²) in [4.78, 5) is 0. The summed E-state index contributed by atoms with van der Waals surface area (Å²) in [5, 5.41) is 2.59. The average Bonchev–Trinajstić information content (AvgIpc) is 2.61. The summed E-state index contributed by atoms with van der Waals surface area (Å²) in [6, 6.07) is 14.6. The number of nitrogen functional groups attached to an aromatic ring is 1. The number of fused-ring (bicyclic) bond motifs is 3. The molecule has 1 aromatic heterocycles. The van der Waals surface area contributed by atoms with E-state index in [1.54, 1.807) is 0 Å². The van der Waals surface area contributed by atoms with Crippen molar-refractivity contribution in [3.8, 4) is 0 Å². The molecular formula is C14H14N2. The van der Waals surface area contributed by atoms with E-state index < -0.39 is 0 Å². The standard InChI is InChI=1S/C14H14N2/c1-2-16-13-6-4-3-5-11(13)12-8-7-10(15)9-14(12)16/h3-9H,2,15H2,1H3. The van der Waals surface area contributed by atoms with Crippen molar-refractivity contribution in [3.05, 3.63) is 42.5 Å². The minimum atomic E-state index is 0.824. The molecule has 16 heavy (non-hydrogen) atoms. The van der Waals surface area contributed by atoms with Crippen LogP contribution < -0.4 is 5.73 Å². The molecule has 0 spiro atoms. The normalized spacial score (nSPS) is 11.3. The molecule has 0 bridgehead atoms. The number of anilines is 1. The molecule has 0 aliphatic carbocycles. The molecule has 0 saturated carbocycles. The van der Waals surface area contributed by atoms with Crippen LogP contribution in [0.5, 0.6) is 0 Å². The molecule has 0 radical (unpaired) electrons. The van der Waals surface area contributed by atoms with Crippen LogP contribution in [0.25, 0.3) is 21.8 Å². The Kier molecular flexibility index (Phi) is 1.90. The lowest BCUT2D eigenvalue weighted by Crippen LogP contribution is -1.93. The Morgan fingerprint density at radius 2 is 1.75 bits per heavy atom. The smallest absolute Gasteiger partial charge is 0.0511 e. The first kappa shape index (κ1) is 9.28. The molecule has 0 fully saturated rings. The first-order chi connectivity index (χ1) is 7.81. The van der Waals surface area contributed by atoms with Gasteiger partial charge in [-0.25, -0.2) is 0 Å². The molecule has 2 aromatic carbocycles. The van der Waals surface area contributed by atoms with Gasteiger partial charge >= 0.3 is 0 Å². The lowest BCUT2D eigenvalue weighted by molar-refractivity contribution is 0.827. The largest absolute Gasteiger partial charge is 0.399 e. The van der Waals surface area contributed by atoms with Gasteiger partial charge in [0.05, 0.1) is 5.52 Å². The number of rotatable bonds is 1. The highest BCUT2D eigenvalue weighted by Gasteiger charge is 2.08. The summed E-state index contributed by atoms with van der Waals surface area (Å²) in [6.07, 6.45) is 0. The van der Waals surface area contributed by atoms with E-state index in [1.807, 2.05) is 6.07 Å². The van der Waals surface area contributed by atoms with Gasteiger partial charge in [-0.1, -0.05) is 24.3 Å². The predicted molar refractivity (Wildman–Crippen MR) is 69.5 cm³/mol. The minimum Gasteiger partial charge on any atom is -0.399 e. The molecule has 1 heterocycles. The molecular weight excluding hydrogens is 196 g/mol. The Bertz CT molecular complexity index is 665. The Labute approximate surface area is 94.3 Å². The highest BCUT2D eigenvalue weighted by Crippen LogP contribution is 2.29. The molecule has 3 aromatic rings. The Balaban J connectivity index is 2.58. The van der Waals surface area contributed by atoms with Crippen LogP contribution in [-0.2, 0) is 6.54 Å². The zero-order valence-electron chi connectivity index (χ0n) is 9.27. The van der Waals surface area contributed by atoms with Gasteiger partial charge in [0.1, 0.15) is 0 Å². The number of hydrogen-bond donors (Lipinski definition) is 1. The second-order valence-electron chi connectivity index (χ2n) is 4.04. The maximum atomic E-state index is 5.86. The van der Waals surface area contributed by atoms with Crippen molar-refractivity contribution in [1.29, 1.82) is 0 Å². The van der Waals surface area contributed by atoms with E-state index >= 15 is 0 Å². The van der Waals surface area contributed by atoms with Crippen LogP contribution in [0.3, 0.4) is 0 Å². The fourth-order valence-corrected chi connectivity index (χ4v) is 2.41. The molecule has 0 amide bonds. The van der Waals surface area contributed by atoms with Gasteiger partial charge in [0.25, 0.3) is 0 Å². The van der Waals surface area contributed by atoms with Gasteiger partial charge in [-0.05, 0) is 25.1 Å². The Morgan fingerprint density at radius 1 is 1.00 bits per heavy atom. The number of nitrogens with two attached hydrogens (primary N) is 1. The van der Waals surface area contributed by atoms with Crippen LogP contribution in [0.1, 0.15) is 6.92 Å². The van der Waals surface area contributed by atoms with E-state index in [4.69, 9.17) is 5.73 Å². The quantitative estimate of drug-likeness (QED) is 0.613. The summed E-state index contributed by atoms with van der Waals surface area (Å²) in [5.74, 6) is 0. The van der Waals surface area contributed by atoms with E-state index in [0.717, 1.165) is 12.2 Å². The van der Waals surface area contributed by atoms with E-state index in [2.05, 4.69) is 47.9 Å². The second-order valence-corrected chi connectivity index (χ2v) is 4.04. The van der Waals surface area contributed by atoms with Crippen LogP contribution in [0.4, 0.5) is 5.69 Å². The Hall–Kier alpha value is -1.96. The topological polar surface area (TPSA) is 30.9 Å². The van der Waals surface area contributed by atoms with Crippen LogP contribution in [0.2, 0.25) is 0 Å². The Morgan fingerprint density at radius 3 is 2.56 bits per heavy atom. The third-order valence-electron chi connectivity index (χ3n) is 3.11. The van der Waals surface area contributed by atoms with Gasteiger partial charge in [-0.3, -0.25) is 0 Å². The zero-order chi connectivity index (χ0) is 11.1. The number of aromatic nitrogens is 1. The second kappa shape index (κ2) is 3.27. The van der Waals surface area contributed by atoms with Gasteiger partial charge in [-0.2, -0.15) is 0 Å². The first-order valence-corrected chi connectivity index (χ1v) is 5.57. The number of aryl methyl sites for hydroxylation is 1. The van der Waals surface area contributed by atoms with Crippen molar-refractivity contribution in [3.63, 3.8) is 0 Å². The van der Waals surface area contributed by atoms with E-state index in [1.165, 1.54) is 21.8 Å². The van der Waals surface area contributed by atoms with E-state index in [0.29, 0.717) is 0 Å². The predicted octanol–water partition coefficient (Wildman–Crippen LogP) is 3.40. The van der Waals surface area contributed by atoms with Gasteiger partial charge in [-0.15, -0.1) is 0 Å². The zero-order valence-corrected chi connectivity index (χ0v) is 9.27. The van der Waals surface area contributed by atoms with Crippen molar-refractivity contribution in [1.82, 2.24) is 4.57 Å². The van der Waals surface area contributed by atoms with Crippen LogP contribution in [0, 0.1) is 0 Å². The van der Waals surface area contributed by atoms with Gasteiger partial charge in [0.15, 0.2) is 0 Å². The summed E-state index contributed by atoms with van der Waals surface area (Å²) in [7, 11) is 0.